The summed E-state index contributed by atoms with van der Waals surface area (Å²) in [5.41, 5.74) is 7.17. The van der Waals surface area contributed by atoms with Crippen LogP contribution in [0.3, 0.4) is 0 Å². The van der Waals surface area contributed by atoms with Gasteiger partial charge in [0.15, 0.2) is 5.65 Å². The summed E-state index contributed by atoms with van der Waals surface area (Å²) >= 11 is 5.92. The molecule has 0 fully saturated rings. The number of ether oxygens (including phenoxy) is 1. The fraction of sp³-hybridized carbons (Fsp3) is 0.500. The smallest absolute Gasteiger partial charge is 0.160 e. The molecule has 0 radical (unpaired) electrons. The molecule has 0 aromatic carbocycles. The van der Waals surface area contributed by atoms with E-state index >= 15 is 0 Å². The summed E-state index contributed by atoms with van der Waals surface area (Å²) in [6.07, 6.45) is 3.63. The van der Waals surface area contributed by atoms with Crippen molar-refractivity contribution >= 4 is 22.8 Å². The molecule has 2 aromatic rings. The van der Waals surface area contributed by atoms with Crippen molar-refractivity contribution in [3.63, 3.8) is 0 Å². The largest absolute Gasteiger partial charge is 0.377 e. The van der Waals surface area contributed by atoms with Gasteiger partial charge in [-0.1, -0.05) is 11.6 Å². The third kappa shape index (κ3) is 2.80. The average molecular weight is 269 g/mol. The molecule has 0 bridgehead atoms. The van der Waals surface area contributed by atoms with Gasteiger partial charge in [-0.3, -0.25) is 0 Å². The van der Waals surface area contributed by atoms with Crippen molar-refractivity contribution in [1.82, 2.24) is 14.5 Å². The van der Waals surface area contributed by atoms with Crippen LogP contribution in [0.25, 0.3) is 11.2 Å². The van der Waals surface area contributed by atoms with Gasteiger partial charge in [-0.05, 0) is 25.5 Å². The lowest BCUT2D eigenvalue weighted by molar-refractivity contribution is 0.174. The number of imidazole rings is 1. The summed E-state index contributed by atoms with van der Waals surface area (Å²) in [4.78, 5) is 8.85. The number of halogens is 1. The number of hydrogen-bond acceptors (Lipinski definition) is 4. The van der Waals surface area contributed by atoms with Crippen molar-refractivity contribution in [1.29, 1.82) is 0 Å². The molecule has 18 heavy (non-hydrogen) atoms. The molecule has 0 aliphatic heterocycles. The molecular formula is C12H17ClN4O. The first-order valence-electron chi connectivity index (χ1n) is 5.96. The second kappa shape index (κ2) is 6.13. The highest BCUT2D eigenvalue weighted by molar-refractivity contribution is 6.31. The van der Waals surface area contributed by atoms with E-state index in [1.54, 1.807) is 13.3 Å². The normalized spacial score (nSPS) is 11.3. The van der Waals surface area contributed by atoms with Crippen molar-refractivity contribution in [3.05, 3.63) is 23.1 Å². The number of unbranched alkanes of at least 4 members (excludes halogenated alkanes) is 1. The van der Waals surface area contributed by atoms with Gasteiger partial charge < -0.3 is 15.0 Å². The van der Waals surface area contributed by atoms with Gasteiger partial charge in [-0.15, -0.1) is 0 Å². The van der Waals surface area contributed by atoms with E-state index < -0.39 is 0 Å². The molecule has 98 valence electrons. The van der Waals surface area contributed by atoms with E-state index in [0.29, 0.717) is 18.2 Å². The zero-order chi connectivity index (χ0) is 13.0. The molecule has 0 aliphatic carbocycles. The first-order valence-corrected chi connectivity index (χ1v) is 6.33. The second-order valence-electron chi connectivity index (χ2n) is 4.10. The van der Waals surface area contributed by atoms with E-state index in [1.165, 1.54) is 0 Å². The number of aromatic nitrogens is 3. The maximum atomic E-state index is 5.92. The van der Waals surface area contributed by atoms with E-state index in [0.717, 1.165) is 36.4 Å². The van der Waals surface area contributed by atoms with Crippen LogP contribution in [0.5, 0.6) is 0 Å². The monoisotopic (exact) mass is 268 g/mol. The van der Waals surface area contributed by atoms with Gasteiger partial charge in [0.25, 0.3) is 0 Å². The third-order valence-electron chi connectivity index (χ3n) is 2.74. The first kappa shape index (κ1) is 13.3. The summed E-state index contributed by atoms with van der Waals surface area (Å²) in [5, 5.41) is 0.595. The van der Waals surface area contributed by atoms with E-state index in [1.807, 2.05) is 6.07 Å². The summed E-state index contributed by atoms with van der Waals surface area (Å²) in [6.45, 7) is 2.02. The maximum absolute atomic E-state index is 5.92. The molecule has 2 heterocycles. The number of fused-ring (bicyclic) bond motifs is 1. The van der Waals surface area contributed by atoms with Gasteiger partial charge in [0.1, 0.15) is 17.9 Å². The number of aryl methyl sites for hydroxylation is 1. The quantitative estimate of drug-likeness (QED) is 0.814. The lowest BCUT2D eigenvalue weighted by Gasteiger charge is -2.07. The van der Waals surface area contributed by atoms with Crippen LogP contribution in [-0.4, -0.2) is 28.2 Å². The Balaban J connectivity index is 2.35. The average Bonchev–Trinajstić information content (AvgIpc) is 2.67. The predicted octanol–water partition coefficient (Wildman–Crippen LogP) is 1.97. The van der Waals surface area contributed by atoms with Crippen molar-refractivity contribution in [2.75, 3.05) is 13.7 Å². The highest BCUT2D eigenvalue weighted by atomic mass is 35.5. The molecule has 5 nitrogen and oxygen atoms in total. The number of hydrogen-bond donors (Lipinski definition) is 1. The highest BCUT2D eigenvalue weighted by Gasteiger charge is 2.11. The Morgan fingerprint density at radius 3 is 3.00 bits per heavy atom. The number of nitrogens with two attached hydrogens (primary N) is 1. The molecule has 0 amide bonds. The molecule has 2 aromatic heterocycles. The van der Waals surface area contributed by atoms with Crippen molar-refractivity contribution < 1.29 is 4.74 Å². The highest BCUT2D eigenvalue weighted by Crippen LogP contribution is 2.19. The van der Waals surface area contributed by atoms with Crippen LogP contribution in [-0.2, 0) is 17.9 Å². The molecule has 6 heteroatoms. The minimum absolute atomic E-state index is 0.469. The molecular weight excluding hydrogens is 252 g/mol. The number of nitrogens with zero attached hydrogens (tertiary/aromatic N) is 3. The van der Waals surface area contributed by atoms with Crippen molar-refractivity contribution in [2.45, 2.75) is 26.0 Å². The number of methoxy groups -OCH3 is 1. The Labute approximate surface area is 111 Å². The molecule has 0 atom stereocenters. The van der Waals surface area contributed by atoms with Gasteiger partial charge in [0.05, 0.1) is 5.02 Å². The third-order valence-corrected chi connectivity index (χ3v) is 2.95. The van der Waals surface area contributed by atoms with E-state index in [2.05, 4.69) is 14.5 Å². The number of pyridine rings is 1. The van der Waals surface area contributed by atoms with Crippen LogP contribution in [0.15, 0.2) is 12.3 Å². The molecule has 0 aliphatic rings. The van der Waals surface area contributed by atoms with Crippen LogP contribution in [0.1, 0.15) is 18.7 Å². The summed E-state index contributed by atoms with van der Waals surface area (Å²) in [6, 6.07) is 1.82. The van der Waals surface area contributed by atoms with E-state index in [-0.39, 0.29) is 0 Å². The summed E-state index contributed by atoms with van der Waals surface area (Å²) < 4.78 is 7.24. The fourth-order valence-electron chi connectivity index (χ4n) is 1.92. The molecule has 2 rings (SSSR count). The van der Waals surface area contributed by atoms with Crippen LogP contribution in [0, 0.1) is 0 Å². The standard InChI is InChI=1S/C12H17ClN4O/c1-18-8-11-16-10-6-9(13)7-15-12(10)17(11)5-3-2-4-14/h6-7H,2-5,8,14H2,1H3. The Morgan fingerprint density at radius 1 is 1.44 bits per heavy atom. The Morgan fingerprint density at radius 2 is 2.28 bits per heavy atom. The van der Waals surface area contributed by atoms with Gasteiger partial charge in [-0.25, -0.2) is 9.97 Å². The van der Waals surface area contributed by atoms with Gasteiger partial charge in [0, 0.05) is 19.9 Å². The zero-order valence-corrected chi connectivity index (χ0v) is 11.2. The molecule has 0 saturated heterocycles. The molecule has 0 saturated carbocycles. The van der Waals surface area contributed by atoms with Crippen LogP contribution in [0.4, 0.5) is 0 Å². The van der Waals surface area contributed by atoms with Crippen LogP contribution in [0.2, 0.25) is 5.02 Å². The van der Waals surface area contributed by atoms with Gasteiger partial charge in [-0.2, -0.15) is 0 Å². The van der Waals surface area contributed by atoms with E-state index in [4.69, 9.17) is 22.1 Å². The minimum atomic E-state index is 0.469. The van der Waals surface area contributed by atoms with Gasteiger partial charge in [0.2, 0.25) is 0 Å². The molecule has 0 spiro atoms. The number of rotatable bonds is 6. The van der Waals surface area contributed by atoms with Crippen LogP contribution >= 0.6 is 11.6 Å². The predicted molar refractivity (Wildman–Crippen MR) is 71.5 cm³/mol. The van der Waals surface area contributed by atoms with Gasteiger partial charge >= 0.3 is 0 Å². The second-order valence-corrected chi connectivity index (χ2v) is 4.54. The maximum Gasteiger partial charge on any atom is 0.160 e. The first-order chi connectivity index (χ1) is 8.76. The Hall–Kier alpha value is -1.17. The zero-order valence-electron chi connectivity index (χ0n) is 10.4. The minimum Gasteiger partial charge on any atom is -0.377 e. The lowest BCUT2D eigenvalue weighted by Crippen LogP contribution is -2.08. The summed E-state index contributed by atoms with van der Waals surface area (Å²) in [5.74, 6) is 0.874. The molecule has 0 unspecified atom stereocenters. The Bertz CT molecular complexity index is 526. The van der Waals surface area contributed by atoms with E-state index in [9.17, 15) is 0 Å². The fourth-order valence-corrected chi connectivity index (χ4v) is 2.07. The van der Waals surface area contributed by atoms with Crippen molar-refractivity contribution in [2.24, 2.45) is 5.73 Å². The van der Waals surface area contributed by atoms with Crippen molar-refractivity contribution in [3.8, 4) is 0 Å². The summed E-state index contributed by atoms with van der Waals surface area (Å²) in [7, 11) is 1.66. The van der Waals surface area contributed by atoms with Crippen LogP contribution < -0.4 is 5.73 Å². The lowest BCUT2D eigenvalue weighted by atomic mass is 10.3. The molecule has 2 N–H and O–H groups in total. The topological polar surface area (TPSA) is 66.0 Å². The Kier molecular flexibility index (Phi) is 4.52. The SMILES string of the molecule is COCc1nc2cc(Cl)cnc2n1CCCCN.